The van der Waals surface area contributed by atoms with E-state index in [1.54, 1.807) is 4.68 Å². The first kappa shape index (κ1) is 10.4. The monoisotopic (exact) mass is 295 g/mol. The number of halogens is 1. The number of hydrogen-bond donors (Lipinski definition) is 0. The second-order valence-electron chi connectivity index (χ2n) is 3.02. The maximum Gasteiger partial charge on any atom is 0.403 e. The Labute approximate surface area is 89.4 Å². The van der Waals surface area contributed by atoms with E-state index in [0.717, 1.165) is 5.69 Å². The SMILES string of the molecule is Cc1c(I)c([N+](=O)[O-])nn1C(C)C. The summed E-state index contributed by atoms with van der Waals surface area (Å²) in [5.74, 6) is -0.0493. The Bertz CT molecular complexity index is 346. The van der Waals surface area contributed by atoms with Crippen molar-refractivity contribution in [2.45, 2.75) is 26.8 Å². The van der Waals surface area contributed by atoms with Crippen LogP contribution in [0.15, 0.2) is 0 Å². The summed E-state index contributed by atoms with van der Waals surface area (Å²) in [5, 5.41) is 14.5. The van der Waals surface area contributed by atoms with Crippen LogP contribution in [0.4, 0.5) is 5.82 Å². The molecule has 6 heteroatoms. The minimum Gasteiger partial charge on any atom is -0.358 e. The van der Waals surface area contributed by atoms with Crippen LogP contribution in [0, 0.1) is 20.6 Å². The molecule has 1 heterocycles. The lowest BCUT2D eigenvalue weighted by molar-refractivity contribution is -0.390. The molecule has 1 rings (SSSR count). The van der Waals surface area contributed by atoms with E-state index < -0.39 is 4.92 Å². The Kier molecular flexibility index (Phi) is 2.89. The van der Waals surface area contributed by atoms with E-state index in [2.05, 4.69) is 5.10 Å². The lowest BCUT2D eigenvalue weighted by Crippen LogP contribution is -2.05. The molecule has 0 saturated carbocycles. The fourth-order valence-electron chi connectivity index (χ4n) is 1.10. The highest BCUT2D eigenvalue weighted by atomic mass is 127. The molecular formula is C7H10IN3O2. The first-order valence-electron chi connectivity index (χ1n) is 3.84. The lowest BCUT2D eigenvalue weighted by Gasteiger charge is -2.01. The lowest BCUT2D eigenvalue weighted by atomic mass is 10.4. The Hall–Kier alpha value is -0.660. The molecule has 0 fully saturated rings. The first-order chi connectivity index (χ1) is 5.95. The summed E-state index contributed by atoms with van der Waals surface area (Å²) in [6.45, 7) is 5.72. The van der Waals surface area contributed by atoms with Crippen molar-refractivity contribution < 1.29 is 4.92 Å². The van der Waals surface area contributed by atoms with Gasteiger partial charge in [0.2, 0.25) is 0 Å². The molecular weight excluding hydrogens is 285 g/mol. The van der Waals surface area contributed by atoms with Crippen LogP contribution in [0.3, 0.4) is 0 Å². The molecule has 0 radical (unpaired) electrons. The topological polar surface area (TPSA) is 61.0 Å². The van der Waals surface area contributed by atoms with Crippen molar-refractivity contribution in [3.63, 3.8) is 0 Å². The van der Waals surface area contributed by atoms with Crippen LogP contribution in [-0.4, -0.2) is 14.7 Å². The van der Waals surface area contributed by atoms with Crippen molar-refractivity contribution in [1.29, 1.82) is 0 Å². The van der Waals surface area contributed by atoms with Gasteiger partial charge in [-0.3, -0.25) is 0 Å². The summed E-state index contributed by atoms with van der Waals surface area (Å²) in [5.41, 5.74) is 0.849. The van der Waals surface area contributed by atoms with Gasteiger partial charge in [0, 0.05) is 0 Å². The van der Waals surface area contributed by atoms with Crippen LogP contribution in [0.2, 0.25) is 0 Å². The predicted octanol–water partition coefficient (Wildman–Crippen LogP) is 2.29. The third-order valence-corrected chi connectivity index (χ3v) is 2.99. The zero-order valence-corrected chi connectivity index (χ0v) is 9.77. The molecule has 0 aliphatic carbocycles. The van der Waals surface area contributed by atoms with Gasteiger partial charge in [0.1, 0.15) is 3.57 Å². The molecule has 0 spiro atoms. The molecule has 0 atom stereocenters. The highest BCUT2D eigenvalue weighted by molar-refractivity contribution is 14.1. The minimum atomic E-state index is -0.451. The zero-order chi connectivity index (χ0) is 10.2. The second-order valence-corrected chi connectivity index (χ2v) is 4.10. The minimum absolute atomic E-state index is 0.0493. The fourth-order valence-corrected chi connectivity index (χ4v) is 1.65. The molecule has 1 aromatic heterocycles. The van der Waals surface area contributed by atoms with E-state index in [1.807, 2.05) is 43.4 Å². The molecule has 0 saturated heterocycles. The average Bonchev–Trinajstić information content (AvgIpc) is 2.29. The molecule has 5 nitrogen and oxygen atoms in total. The van der Waals surface area contributed by atoms with E-state index in [1.165, 1.54) is 0 Å². The second kappa shape index (κ2) is 3.60. The molecule has 13 heavy (non-hydrogen) atoms. The molecule has 0 amide bonds. The normalized spacial score (nSPS) is 10.8. The van der Waals surface area contributed by atoms with Crippen molar-refractivity contribution >= 4 is 28.4 Å². The smallest absolute Gasteiger partial charge is 0.358 e. The van der Waals surface area contributed by atoms with E-state index in [9.17, 15) is 10.1 Å². The van der Waals surface area contributed by atoms with Gasteiger partial charge in [-0.05, 0) is 48.3 Å². The van der Waals surface area contributed by atoms with E-state index >= 15 is 0 Å². The quantitative estimate of drug-likeness (QED) is 0.478. The van der Waals surface area contributed by atoms with Gasteiger partial charge in [-0.25, -0.2) is 0 Å². The first-order valence-corrected chi connectivity index (χ1v) is 4.92. The van der Waals surface area contributed by atoms with Gasteiger partial charge in [0.25, 0.3) is 0 Å². The number of aromatic nitrogens is 2. The van der Waals surface area contributed by atoms with Crippen LogP contribution < -0.4 is 0 Å². The number of nitrogens with zero attached hydrogens (tertiary/aromatic N) is 3. The van der Waals surface area contributed by atoms with Gasteiger partial charge in [0.05, 0.1) is 16.8 Å². The molecule has 0 unspecified atom stereocenters. The van der Waals surface area contributed by atoms with Gasteiger partial charge in [-0.15, -0.1) is 0 Å². The maximum absolute atomic E-state index is 10.5. The van der Waals surface area contributed by atoms with Gasteiger partial charge in [-0.2, -0.15) is 4.68 Å². The molecule has 1 aromatic rings. The van der Waals surface area contributed by atoms with E-state index in [0.29, 0.717) is 3.57 Å². The summed E-state index contributed by atoms with van der Waals surface area (Å²) in [6.07, 6.45) is 0. The van der Waals surface area contributed by atoms with Gasteiger partial charge in [-0.1, -0.05) is 0 Å². The van der Waals surface area contributed by atoms with Gasteiger partial charge in [0.15, 0.2) is 0 Å². The van der Waals surface area contributed by atoms with Crippen LogP contribution in [0.1, 0.15) is 25.6 Å². The van der Waals surface area contributed by atoms with Gasteiger partial charge < -0.3 is 10.1 Å². The Balaban J connectivity index is 3.28. The van der Waals surface area contributed by atoms with Crippen molar-refractivity contribution in [2.75, 3.05) is 0 Å². The van der Waals surface area contributed by atoms with E-state index in [4.69, 9.17) is 0 Å². The zero-order valence-electron chi connectivity index (χ0n) is 7.61. The Morgan fingerprint density at radius 3 is 2.38 bits per heavy atom. The third kappa shape index (κ3) is 1.82. The molecule has 0 N–H and O–H groups in total. The summed E-state index contributed by atoms with van der Waals surface area (Å²) in [6, 6.07) is 0.155. The highest BCUT2D eigenvalue weighted by Gasteiger charge is 2.24. The summed E-state index contributed by atoms with van der Waals surface area (Å²) in [4.78, 5) is 10.1. The largest absolute Gasteiger partial charge is 0.403 e. The summed E-state index contributed by atoms with van der Waals surface area (Å²) >= 11 is 1.95. The van der Waals surface area contributed by atoms with Crippen molar-refractivity contribution in [2.24, 2.45) is 0 Å². The number of hydrogen-bond acceptors (Lipinski definition) is 3. The molecule has 0 bridgehead atoms. The summed E-state index contributed by atoms with van der Waals surface area (Å²) < 4.78 is 2.29. The van der Waals surface area contributed by atoms with Crippen molar-refractivity contribution in [3.05, 3.63) is 19.4 Å². The van der Waals surface area contributed by atoms with Crippen LogP contribution in [0.5, 0.6) is 0 Å². The van der Waals surface area contributed by atoms with E-state index in [-0.39, 0.29) is 11.9 Å². The van der Waals surface area contributed by atoms with Crippen molar-refractivity contribution in [3.8, 4) is 0 Å². The summed E-state index contributed by atoms with van der Waals surface area (Å²) in [7, 11) is 0. The van der Waals surface area contributed by atoms with Crippen LogP contribution >= 0.6 is 22.6 Å². The Morgan fingerprint density at radius 1 is 1.62 bits per heavy atom. The van der Waals surface area contributed by atoms with Crippen LogP contribution in [0.25, 0.3) is 0 Å². The van der Waals surface area contributed by atoms with Gasteiger partial charge >= 0.3 is 5.82 Å². The number of nitro groups is 1. The predicted molar refractivity (Wildman–Crippen MR) is 56.7 cm³/mol. The molecule has 0 aliphatic rings. The third-order valence-electron chi connectivity index (χ3n) is 1.72. The molecule has 0 aromatic carbocycles. The molecule has 0 aliphatic heterocycles. The van der Waals surface area contributed by atoms with Crippen molar-refractivity contribution in [1.82, 2.24) is 9.78 Å². The number of rotatable bonds is 2. The standard InChI is InChI=1S/C7H10IN3O2/c1-4(2)10-5(3)6(8)7(9-10)11(12)13/h4H,1-3H3. The maximum atomic E-state index is 10.5. The average molecular weight is 295 g/mol. The fraction of sp³-hybridized carbons (Fsp3) is 0.571. The van der Waals surface area contributed by atoms with Crippen LogP contribution in [-0.2, 0) is 0 Å². The highest BCUT2D eigenvalue weighted by Crippen LogP contribution is 2.24. The Morgan fingerprint density at radius 2 is 2.15 bits per heavy atom. The molecule has 72 valence electrons.